The van der Waals surface area contributed by atoms with Crippen LogP contribution in [0.4, 0.5) is 10.1 Å². The van der Waals surface area contributed by atoms with Gasteiger partial charge in [-0.25, -0.2) is 9.18 Å². The molecule has 2 N–H and O–H groups in total. The molecular formula is C11H7ClFNO5S. The molecule has 0 aliphatic rings. The van der Waals surface area contributed by atoms with E-state index in [4.69, 9.17) is 16.7 Å². The summed E-state index contributed by atoms with van der Waals surface area (Å²) >= 11 is 5.52. The van der Waals surface area contributed by atoms with Gasteiger partial charge in [-0.2, -0.15) is 8.42 Å². The molecule has 1 aromatic carbocycles. The van der Waals surface area contributed by atoms with E-state index < -0.39 is 32.7 Å². The number of benzene rings is 1. The van der Waals surface area contributed by atoms with Gasteiger partial charge in [0.1, 0.15) is 5.82 Å². The molecule has 0 fully saturated rings. The Morgan fingerprint density at radius 2 is 2.00 bits per heavy atom. The van der Waals surface area contributed by atoms with Crippen LogP contribution in [0.2, 0.25) is 5.02 Å². The molecule has 1 heterocycles. The highest BCUT2D eigenvalue weighted by Crippen LogP contribution is 2.23. The number of furan rings is 1. The average molecular weight is 320 g/mol. The van der Waals surface area contributed by atoms with Gasteiger partial charge in [-0.05, 0) is 30.3 Å². The molecular weight excluding hydrogens is 313 g/mol. The van der Waals surface area contributed by atoms with E-state index in [0.717, 1.165) is 24.3 Å². The first-order valence-electron chi connectivity index (χ1n) is 5.10. The predicted octanol–water partition coefficient (Wildman–Crippen LogP) is 2.57. The third-order valence-corrected chi connectivity index (χ3v) is 3.77. The first kappa shape index (κ1) is 14.4. The molecule has 0 atom stereocenters. The topological polar surface area (TPSA) is 96.6 Å². The molecule has 106 valence electrons. The summed E-state index contributed by atoms with van der Waals surface area (Å²) in [4.78, 5) is 10.6. The summed E-state index contributed by atoms with van der Waals surface area (Å²) < 4.78 is 43.5. The minimum absolute atomic E-state index is 0.0182. The summed E-state index contributed by atoms with van der Waals surface area (Å²) in [6.45, 7) is 0. The highest BCUT2D eigenvalue weighted by molar-refractivity contribution is 7.92. The Kier molecular flexibility index (Phi) is 3.69. The quantitative estimate of drug-likeness (QED) is 0.902. The zero-order valence-corrected chi connectivity index (χ0v) is 11.2. The fourth-order valence-corrected chi connectivity index (χ4v) is 2.51. The molecule has 0 radical (unpaired) electrons. The van der Waals surface area contributed by atoms with Crippen LogP contribution in [0.5, 0.6) is 0 Å². The Labute approximate surface area is 117 Å². The molecule has 20 heavy (non-hydrogen) atoms. The van der Waals surface area contributed by atoms with Crippen LogP contribution in [0, 0.1) is 5.82 Å². The molecule has 6 nitrogen and oxygen atoms in total. The second kappa shape index (κ2) is 5.14. The van der Waals surface area contributed by atoms with Crippen molar-refractivity contribution in [3.8, 4) is 0 Å². The summed E-state index contributed by atoms with van der Waals surface area (Å²) in [6, 6.07) is 5.24. The maximum absolute atomic E-state index is 13.0. The van der Waals surface area contributed by atoms with E-state index in [1.54, 1.807) is 0 Å². The molecule has 2 rings (SSSR count). The molecule has 1 aromatic heterocycles. The van der Waals surface area contributed by atoms with Crippen molar-refractivity contribution in [3.63, 3.8) is 0 Å². The Balaban J connectivity index is 2.30. The van der Waals surface area contributed by atoms with Crippen molar-refractivity contribution < 1.29 is 27.1 Å². The molecule has 9 heteroatoms. The number of aromatic carboxylic acids is 1. The van der Waals surface area contributed by atoms with Crippen LogP contribution < -0.4 is 4.72 Å². The van der Waals surface area contributed by atoms with Gasteiger partial charge in [0.15, 0.2) is 0 Å². The highest BCUT2D eigenvalue weighted by Gasteiger charge is 2.21. The number of anilines is 1. The van der Waals surface area contributed by atoms with Crippen molar-refractivity contribution in [1.29, 1.82) is 0 Å². The van der Waals surface area contributed by atoms with Crippen molar-refractivity contribution in [2.45, 2.75) is 5.09 Å². The third kappa shape index (κ3) is 2.91. The number of hydrogen-bond donors (Lipinski definition) is 2. The van der Waals surface area contributed by atoms with Gasteiger partial charge >= 0.3 is 5.97 Å². The summed E-state index contributed by atoms with van der Waals surface area (Å²) in [7, 11) is -4.12. The van der Waals surface area contributed by atoms with Crippen LogP contribution in [-0.2, 0) is 10.0 Å². The van der Waals surface area contributed by atoms with Gasteiger partial charge in [0.25, 0.3) is 10.0 Å². The molecule has 0 saturated carbocycles. The van der Waals surface area contributed by atoms with Crippen LogP contribution in [0.25, 0.3) is 0 Å². The SMILES string of the molecule is O=C(O)c1ccc(S(=O)(=O)Nc2ccc(F)c(Cl)c2)o1. The number of nitrogens with one attached hydrogen (secondary N) is 1. The van der Waals surface area contributed by atoms with E-state index >= 15 is 0 Å². The standard InChI is InChI=1S/C11H7ClFNO5S/c12-7-5-6(1-2-8(7)13)14-20(17,18)10-4-3-9(19-10)11(15)16/h1-5,14H,(H,15,16). The second-order valence-electron chi connectivity index (χ2n) is 3.66. The van der Waals surface area contributed by atoms with Crippen LogP contribution >= 0.6 is 11.6 Å². The highest BCUT2D eigenvalue weighted by atomic mass is 35.5. The van der Waals surface area contributed by atoms with Gasteiger partial charge in [-0.1, -0.05) is 11.6 Å². The van der Waals surface area contributed by atoms with Crippen molar-refractivity contribution in [2.75, 3.05) is 4.72 Å². The van der Waals surface area contributed by atoms with E-state index in [9.17, 15) is 17.6 Å². The lowest BCUT2D eigenvalue weighted by Gasteiger charge is -2.06. The summed E-state index contributed by atoms with van der Waals surface area (Å²) in [6.07, 6.45) is 0. The lowest BCUT2D eigenvalue weighted by molar-refractivity contribution is 0.0656. The maximum atomic E-state index is 13.0. The molecule has 0 bridgehead atoms. The van der Waals surface area contributed by atoms with Gasteiger partial charge < -0.3 is 9.52 Å². The number of rotatable bonds is 4. The summed E-state index contributed by atoms with van der Waals surface area (Å²) in [5.41, 5.74) is 0.0182. The van der Waals surface area contributed by atoms with Crippen LogP contribution in [-0.4, -0.2) is 19.5 Å². The van der Waals surface area contributed by atoms with Crippen molar-refractivity contribution in [3.05, 3.63) is 46.9 Å². The van der Waals surface area contributed by atoms with Crippen LogP contribution in [0.15, 0.2) is 39.8 Å². The molecule has 0 aliphatic heterocycles. The lowest BCUT2D eigenvalue weighted by atomic mass is 10.3. The average Bonchev–Trinajstić information content (AvgIpc) is 2.84. The van der Waals surface area contributed by atoms with E-state index in [2.05, 4.69) is 9.14 Å². The normalized spacial score (nSPS) is 11.3. The van der Waals surface area contributed by atoms with E-state index in [1.807, 2.05) is 0 Å². The van der Waals surface area contributed by atoms with Crippen molar-refractivity contribution in [2.24, 2.45) is 0 Å². The summed E-state index contributed by atoms with van der Waals surface area (Å²) in [5.74, 6) is -2.60. The van der Waals surface area contributed by atoms with Gasteiger partial charge in [0.2, 0.25) is 10.9 Å². The Morgan fingerprint density at radius 3 is 2.55 bits per heavy atom. The number of sulfonamides is 1. The smallest absolute Gasteiger partial charge is 0.371 e. The molecule has 0 saturated heterocycles. The van der Waals surface area contributed by atoms with E-state index in [0.29, 0.717) is 0 Å². The zero-order chi connectivity index (χ0) is 14.9. The Bertz CT molecular complexity index is 771. The van der Waals surface area contributed by atoms with Crippen LogP contribution in [0.1, 0.15) is 10.6 Å². The summed E-state index contributed by atoms with van der Waals surface area (Å²) in [5, 5.41) is 7.82. The van der Waals surface area contributed by atoms with E-state index in [1.165, 1.54) is 6.07 Å². The Morgan fingerprint density at radius 1 is 1.30 bits per heavy atom. The fraction of sp³-hybridized carbons (Fsp3) is 0. The van der Waals surface area contributed by atoms with Gasteiger partial charge in [0, 0.05) is 0 Å². The number of hydrogen-bond acceptors (Lipinski definition) is 4. The molecule has 0 unspecified atom stereocenters. The largest absolute Gasteiger partial charge is 0.475 e. The minimum atomic E-state index is -4.12. The molecule has 0 spiro atoms. The van der Waals surface area contributed by atoms with Crippen LogP contribution in [0.3, 0.4) is 0 Å². The molecule has 2 aromatic rings. The number of carboxylic acids is 1. The van der Waals surface area contributed by atoms with Crippen molar-refractivity contribution in [1.82, 2.24) is 0 Å². The van der Waals surface area contributed by atoms with Gasteiger partial charge in [0.05, 0.1) is 10.7 Å². The zero-order valence-electron chi connectivity index (χ0n) is 9.63. The third-order valence-electron chi connectivity index (χ3n) is 2.23. The van der Waals surface area contributed by atoms with E-state index in [-0.39, 0.29) is 10.7 Å². The lowest BCUT2D eigenvalue weighted by Crippen LogP contribution is -2.12. The first-order chi connectivity index (χ1) is 9.29. The minimum Gasteiger partial charge on any atom is -0.475 e. The predicted molar refractivity (Wildman–Crippen MR) is 67.9 cm³/mol. The maximum Gasteiger partial charge on any atom is 0.371 e. The Hall–Kier alpha value is -2.06. The number of carbonyl (C=O) groups is 1. The molecule has 0 aliphatic carbocycles. The van der Waals surface area contributed by atoms with Gasteiger partial charge in [-0.15, -0.1) is 0 Å². The number of halogens is 2. The monoisotopic (exact) mass is 319 g/mol. The van der Waals surface area contributed by atoms with Crippen molar-refractivity contribution >= 4 is 33.3 Å². The first-order valence-corrected chi connectivity index (χ1v) is 6.97. The molecule has 0 amide bonds. The second-order valence-corrected chi connectivity index (χ2v) is 5.68. The fourth-order valence-electron chi connectivity index (χ4n) is 1.34. The number of carboxylic acid groups (broad SMARTS) is 1. The van der Waals surface area contributed by atoms with Gasteiger partial charge in [-0.3, -0.25) is 4.72 Å².